The molecule has 108 valence electrons. The van der Waals surface area contributed by atoms with E-state index in [1.54, 1.807) is 0 Å². The monoisotopic (exact) mass is 292 g/mol. The summed E-state index contributed by atoms with van der Waals surface area (Å²) in [5.74, 6) is 1.86. The molecule has 0 bridgehead atoms. The number of halogens is 1. The van der Waals surface area contributed by atoms with E-state index in [1.165, 1.54) is 5.56 Å². The van der Waals surface area contributed by atoms with Gasteiger partial charge in [-0.3, -0.25) is 4.68 Å². The highest BCUT2D eigenvalue weighted by Gasteiger charge is 2.10. The number of hydrogen-bond donors (Lipinski definition) is 0. The molecule has 0 aliphatic carbocycles. The second kappa shape index (κ2) is 6.27. The third-order valence-corrected chi connectivity index (χ3v) is 3.52. The van der Waals surface area contributed by atoms with E-state index in [4.69, 9.17) is 16.6 Å². The maximum atomic E-state index is 5.98. The molecule has 0 aliphatic rings. The first-order valence-electron chi connectivity index (χ1n) is 6.75. The molecule has 0 spiro atoms. The number of anilines is 1. The van der Waals surface area contributed by atoms with Crippen LogP contribution < -0.4 is 4.90 Å². The van der Waals surface area contributed by atoms with Crippen LogP contribution in [0.15, 0.2) is 24.5 Å². The van der Waals surface area contributed by atoms with Crippen LogP contribution in [-0.2, 0) is 19.5 Å². The van der Waals surface area contributed by atoms with E-state index in [1.807, 2.05) is 31.2 Å². The summed E-state index contributed by atoms with van der Waals surface area (Å²) in [5.41, 5.74) is 3.36. The SMILES string of the molecule is CC(C)c1cc(CCl)cc(N(C)Cc2cnn(C)c2)n1. The fourth-order valence-corrected chi connectivity index (χ4v) is 2.23. The summed E-state index contributed by atoms with van der Waals surface area (Å²) in [5, 5.41) is 4.19. The van der Waals surface area contributed by atoms with Gasteiger partial charge in [-0.1, -0.05) is 13.8 Å². The van der Waals surface area contributed by atoms with Gasteiger partial charge in [-0.25, -0.2) is 4.98 Å². The van der Waals surface area contributed by atoms with Gasteiger partial charge in [0.2, 0.25) is 0 Å². The molecule has 0 amide bonds. The van der Waals surface area contributed by atoms with Gasteiger partial charge >= 0.3 is 0 Å². The molecule has 0 aliphatic heterocycles. The molecule has 2 heterocycles. The molecular formula is C15H21ClN4. The molecular weight excluding hydrogens is 272 g/mol. The molecule has 0 aromatic carbocycles. The second-order valence-electron chi connectivity index (χ2n) is 5.43. The van der Waals surface area contributed by atoms with Crippen molar-refractivity contribution >= 4 is 17.4 Å². The van der Waals surface area contributed by atoms with Crippen LogP contribution in [-0.4, -0.2) is 21.8 Å². The first-order chi connectivity index (χ1) is 9.49. The van der Waals surface area contributed by atoms with Crippen molar-refractivity contribution < 1.29 is 0 Å². The molecule has 0 radical (unpaired) electrons. The van der Waals surface area contributed by atoms with Gasteiger partial charge in [0.1, 0.15) is 5.82 Å². The van der Waals surface area contributed by atoms with Crippen LogP contribution in [0.25, 0.3) is 0 Å². The number of aromatic nitrogens is 3. The van der Waals surface area contributed by atoms with E-state index in [0.717, 1.165) is 23.6 Å². The lowest BCUT2D eigenvalue weighted by Crippen LogP contribution is -2.18. The summed E-state index contributed by atoms with van der Waals surface area (Å²) in [6.45, 7) is 5.07. The van der Waals surface area contributed by atoms with Gasteiger partial charge in [-0.2, -0.15) is 5.10 Å². The van der Waals surface area contributed by atoms with E-state index >= 15 is 0 Å². The third kappa shape index (κ3) is 3.51. The Hall–Kier alpha value is -1.55. The van der Waals surface area contributed by atoms with E-state index in [9.17, 15) is 0 Å². The zero-order valence-electron chi connectivity index (χ0n) is 12.5. The molecule has 2 rings (SSSR count). The first kappa shape index (κ1) is 14.9. The highest BCUT2D eigenvalue weighted by molar-refractivity contribution is 6.17. The summed E-state index contributed by atoms with van der Waals surface area (Å²) in [4.78, 5) is 6.85. The van der Waals surface area contributed by atoms with E-state index in [0.29, 0.717) is 11.8 Å². The summed E-state index contributed by atoms with van der Waals surface area (Å²) >= 11 is 5.98. The van der Waals surface area contributed by atoms with E-state index in [2.05, 4.69) is 36.0 Å². The Kier molecular flexibility index (Phi) is 4.65. The molecule has 0 fully saturated rings. The Labute approximate surface area is 125 Å². The Morgan fingerprint density at radius 1 is 1.30 bits per heavy atom. The zero-order chi connectivity index (χ0) is 14.7. The molecule has 0 saturated heterocycles. The van der Waals surface area contributed by atoms with Gasteiger partial charge < -0.3 is 4.90 Å². The molecule has 0 atom stereocenters. The molecule has 0 N–H and O–H groups in total. The normalized spacial score (nSPS) is 11.1. The Morgan fingerprint density at radius 3 is 2.60 bits per heavy atom. The Morgan fingerprint density at radius 2 is 2.05 bits per heavy atom. The molecule has 0 unspecified atom stereocenters. The van der Waals surface area contributed by atoms with Crippen molar-refractivity contribution in [3.63, 3.8) is 0 Å². The number of nitrogens with zero attached hydrogens (tertiary/aromatic N) is 4. The third-order valence-electron chi connectivity index (χ3n) is 3.21. The van der Waals surface area contributed by atoms with Crippen LogP contribution >= 0.6 is 11.6 Å². The summed E-state index contributed by atoms with van der Waals surface area (Å²) in [6, 6.07) is 4.13. The Balaban J connectivity index is 2.24. The number of alkyl halides is 1. The predicted molar refractivity (Wildman–Crippen MR) is 83.2 cm³/mol. The highest BCUT2D eigenvalue weighted by atomic mass is 35.5. The van der Waals surface area contributed by atoms with E-state index < -0.39 is 0 Å². The lowest BCUT2D eigenvalue weighted by atomic mass is 10.1. The standard InChI is InChI=1S/C15H21ClN4/c1-11(2)14-5-12(7-16)6-15(18-14)19(3)9-13-8-17-20(4)10-13/h5-6,8,10-11H,7,9H2,1-4H3. The molecule has 2 aromatic rings. The molecule has 4 nitrogen and oxygen atoms in total. The van der Waals surface area contributed by atoms with E-state index in [-0.39, 0.29) is 0 Å². The fourth-order valence-electron chi connectivity index (χ4n) is 2.07. The van der Waals surface area contributed by atoms with Crippen molar-refractivity contribution in [1.82, 2.24) is 14.8 Å². The van der Waals surface area contributed by atoms with Crippen LogP contribution in [0.4, 0.5) is 5.82 Å². The van der Waals surface area contributed by atoms with Gasteiger partial charge in [0.25, 0.3) is 0 Å². The maximum Gasteiger partial charge on any atom is 0.129 e. The van der Waals surface area contributed by atoms with Crippen molar-refractivity contribution in [2.24, 2.45) is 7.05 Å². The Bertz CT molecular complexity index is 577. The van der Waals surface area contributed by atoms with Gasteiger partial charge in [0.15, 0.2) is 0 Å². The maximum absolute atomic E-state index is 5.98. The predicted octanol–water partition coefficient (Wildman–Crippen LogP) is 3.31. The lowest BCUT2D eigenvalue weighted by molar-refractivity contribution is 0.766. The van der Waals surface area contributed by atoms with Crippen LogP contribution in [0, 0.1) is 0 Å². The van der Waals surface area contributed by atoms with Crippen LogP contribution in [0.5, 0.6) is 0 Å². The minimum atomic E-state index is 0.392. The van der Waals surface area contributed by atoms with Gasteiger partial charge in [0.05, 0.1) is 6.20 Å². The van der Waals surface area contributed by atoms with Gasteiger partial charge in [-0.15, -0.1) is 11.6 Å². The number of aryl methyl sites for hydroxylation is 1. The minimum Gasteiger partial charge on any atom is -0.355 e. The smallest absolute Gasteiger partial charge is 0.129 e. The highest BCUT2D eigenvalue weighted by Crippen LogP contribution is 2.21. The van der Waals surface area contributed by atoms with Gasteiger partial charge in [-0.05, 0) is 23.6 Å². The molecule has 2 aromatic heterocycles. The molecule has 0 saturated carbocycles. The van der Waals surface area contributed by atoms with Crippen molar-refractivity contribution in [3.05, 3.63) is 41.3 Å². The van der Waals surface area contributed by atoms with Crippen LogP contribution in [0.3, 0.4) is 0 Å². The molecule has 5 heteroatoms. The van der Waals surface area contributed by atoms with Crippen molar-refractivity contribution in [3.8, 4) is 0 Å². The summed E-state index contributed by atoms with van der Waals surface area (Å²) in [6.07, 6.45) is 3.90. The van der Waals surface area contributed by atoms with Gasteiger partial charge in [0, 0.05) is 44.0 Å². The average Bonchev–Trinajstić information content (AvgIpc) is 2.83. The second-order valence-corrected chi connectivity index (χ2v) is 5.69. The number of rotatable bonds is 5. The van der Waals surface area contributed by atoms with Crippen molar-refractivity contribution in [2.45, 2.75) is 32.2 Å². The fraction of sp³-hybridized carbons (Fsp3) is 0.467. The zero-order valence-corrected chi connectivity index (χ0v) is 13.2. The number of hydrogen-bond acceptors (Lipinski definition) is 3. The van der Waals surface area contributed by atoms with Crippen LogP contribution in [0.2, 0.25) is 0 Å². The first-order valence-corrected chi connectivity index (χ1v) is 7.28. The van der Waals surface area contributed by atoms with Crippen molar-refractivity contribution in [1.29, 1.82) is 0 Å². The topological polar surface area (TPSA) is 34.0 Å². The largest absolute Gasteiger partial charge is 0.355 e. The lowest BCUT2D eigenvalue weighted by Gasteiger charge is -2.20. The van der Waals surface area contributed by atoms with Crippen LogP contribution in [0.1, 0.15) is 36.6 Å². The summed E-state index contributed by atoms with van der Waals surface area (Å²) < 4.78 is 1.81. The average molecular weight is 293 g/mol. The quantitative estimate of drug-likeness (QED) is 0.793. The molecule has 20 heavy (non-hydrogen) atoms. The number of pyridine rings is 1. The van der Waals surface area contributed by atoms with Crippen molar-refractivity contribution in [2.75, 3.05) is 11.9 Å². The minimum absolute atomic E-state index is 0.392. The summed E-state index contributed by atoms with van der Waals surface area (Å²) in [7, 11) is 3.96.